The molecule has 1 aliphatic rings. The Bertz CT molecular complexity index is 731. The Morgan fingerprint density at radius 1 is 1.24 bits per heavy atom. The molecule has 0 radical (unpaired) electrons. The maximum atomic E-state index is 12.5. The third-order valence-corrected chi connectivity index (χ3v) is 5.38. The van der Waals surface area contributed by atoms with Crippen LogP contribution in [0.5, 0.6) is 0 Å². The Balaban J connectivity index is 2.18. The molecule has 1 aliphatic heterocycles. The van der Waals surface area contributed by atoms with E-state index in [-0.39, 0.29) is 16.6 Å². The predicted molar refractivity (Wildman–Crippen MR) is 98.2 cm³/mol. The molecule has 8 heteroatoms. The Labute approximate surface area is 149 Å². The summed E-state index contributed by atoms with van der Waals surface area (Å²) in [5.41, 5.74) is 0.520. The summed E-state index contributed by atoms with van der Waals surface area (Å²) in [6.07, 6.45) is 3.20. The van der Waals surface area contributed by atoms with Crippen LogP contribution >= 0.6 is 0 Å². The van der Waals surface area contributed by atoms with E-state index in [0.717, 1.165) is 25.8 Å². The molecule has 0 aromatic heterocycles. The van der Waals surface area contributed by atoms with E-state index in [1.807, 2.05) is 14.0 Å². The van der Waals surface area contributed by atoms with Gasteiger partial charge < -0.3 is 10.6 Å². The van der Waals surface area contributed by atoms with Crippen LogP contribution in [0.3, 0.4) is 0 Å². The summed E-state index contributed by atoms with van der Waals surface area (Å²) in [4.78, 5) is 17.1. The number of carbonyl (C=O) groups excluding carboxylic acids is 1. The summed E-state index contributed by atoms with van der Waals surface area (Å²) in [6, 6.07) is 6.07. The Morgan fingerprint density at radius 3 is 2.72 bits per heavy atom. The number of fused-ring (bicyclic) bond motifs is 1. The second-order valence-corrected chi connectivity index (χ2v) is 7.64. The number of carbonyl (C=O) groups is 1. The molecule has 1 heterocycles. The second-order valence-electron chi connectivity index (χ2n) is 5.99. The molecule has 0 saturated carbocycles. The summed E-state index contributed by atoms with van der Waals surface area (Å²) in [6.45, 7) is 3.43. The minimum Gasteiger partial charge on any atom is -0.354 e. The number of rotatable bonds is 9. The van der Waals surface area contributed by atoms with Crippen molar-refractivity contribution in [2.45, 2.75) is 43.5 Å². The lowest BCUT2D eigenvalue weighted by atomic mass is 10.1. The highest BCUT2D eigenvalue weighted by molar-refractivity contribution is 7.90. The molecule has 1 aromatic rings. The van der Waals surface area contributed by atoms with E-state index in [9.17, 15) is 13.2 Å². The quantitative estimate of drug-likeness (QED) is 0.568. The first kappa shape index (κ1) is 19.4. The van der Waals surface area contributed by atoms with Gasteiger partial charge in [-0.15, -0.1) is 0 Å². The lowest BCUT2D eigenvalue weighted by molar-refractivity contribution is -0.122. The van der Waals surface area contributed by atoms with Crippen LogP contribution < -0.4 is 15.4 Å². The van der Waals surface area contributed by atoms with Gasteiger partial charge in [0.15, 0.2) is 0 Å². The lowest BCUT2D eigenvalue weighted by Crippen LogP contribution is -2.36. The van der Waals surface area contributed by atoms with Gasteiger partial charge in [0.25, 0.3) is 10.0 Å². The monoisotopic (exact) mass is 366 g/mol. The van der Waals surface area contributed by atoms with Crippen LogP contribution in [0.4, 0.5) is 0 Å². The van der Waals surface area contributed by atoms with Crippen LogP contribution in [0.2, 0.25) is 0 Å². The molecular formula is C17H26N4O3S. The van der Waals surface area contributed by atoms with Crippen LogP contribution in [0.25, 0.3) is 0 Å². The Kier molecular flexibility index (Phi) is 6.95. The normalized spacial score (nSPS) is 17.8. The van der Waals surface area contributed by atoms with Gasteiger partial charge in [-0.2, -0.15) is 0 Å². The lowest BCUT2D eigenvalue weighted by Gasteiger charge is -2.14. The number of amidine groups is 1. The SMILES string of the molecule is CCCCC(N=C1NS(=O)(=O)c2ccccc21)C(=O)NCCCNC. The zero-order valence-corrected chi connectivity index (χ0v) is 15.5. The van der Waals surface area contributed by atoms with Crippen molar-refractivity contribution < 1.29 is 13.2 Å². The number of nitrogens with zero attached hydrogens (tertiary/aromatic N) is 1. The summed E-state index contributed by atoms with van der Waals surface area (Å²) >= 11 is 0. The molecule has 1 aromatic carbocycles. The number of hydrogen-bond acceptors (Lipinski definition) is 5. The molecule has 0 bridgehead atoms. The van der Waals surface area contributed by atoms with Gasteiger partial charge in [-0.05, 0) is 38.6 Å². The van der Waals surface area contributed by atoms with E-state index in [2.05, 4.69) is 20.3 Å². The smallest absolute Gasteiger partial charge is 0.263 e. The van der Waals surface area contributed by atoms with E-state index >= 15 is 0 Å². The van der Waals surface area contributed by atoms with Gasteiger partial charge in [-0.1, -0.05) is 31.9 Å². The minimum absolute atomic E-state index is 0.166. The average Bonchev–Trinajstić information content (AvgIpc) is 2.86. The molecule has 1 atom stereocenters. The van der Waals surface area contributed by atoms with E-state index < -0.39 is 16.1 Å². The summed E-state index contributed by atoms with van der Waals surface area (Å²) in [5, 5.41) is 5.91. The van der Waals surface area contributed by atoms with Crippen molar-refractivity contribution in [2.24, 2.45) is 4.99 Å². The van der Waals surface area contributed by atoms with E-state index in [4.69, 9.17) is 0 Å². The fraction of sp³-hybridized carbons (Fsp3) is 0.529. The number of unbranched alkanes of at least 4 members (excludes halogenated alkanes) is 1. The molecule has 3 N–H and O–H groups in total. The van der Waals surface area contributed by atoms with Gasteiger partial charge in [0.2, 0.25) is 5.91 Å². The first-order chi connectivity index (χ1) is 12.0. The number of aliphatic imine (C=N–C) groups is 1. The van der Waals surface area contributed by atoms with Crippen molar-refractivity contribution >= 4 is 21.8 Å². The number of benzene rings is 1. The number of sulfonamides is 1. The van der Waals surface area contributed by atoms with Crippen LogP contribution in [-0.4, -0.2) is 46.3 Å². The van der Waals surface area contributed by atoms with Crippen molar-refractivity contribution in [2.75, 3.05) is 20.1 Å². The van der Waals surface area contributed by atoms with Crippen LogP contribution in [0.15, 0.2) is 34.2 Å². The highest BCUT2D eigenvalue weighted by Crippen LogP contribution is 2.23. The highest BCUT2D eigenvalue weighted by atomic mass is 32.2. The topological polar surface area (TPSA) is 99.7 Å². The van der Waals surface area contributed by atoms with Gasteiger partial charge in [0.05, 0.1) is 4.90 Å². The van der Waals surface area contributed by atoms with E-state index in [0.29, 0.717) is 18.5 Å². The molecule has 0 aliphatic carbocycles. The van der Waals surface area contributed by atoms with Gasteiger partial charge in [-0.25, -0.2) is 8.42 Å². The molecule has 2 rings (SSSR count). The Hall–Kier alpha value is -1.93. The van der Waals surface area contributed by atoms with Crippen LogP contribution in [0, 0.1) is 0 Å². The molecular weight excluding hydrogens is 340 g/mol. The largest absolute Gasteiger partial charge is 0.354 e. The number of nitrogens with one attached hydrogen (secondary N) is 3. The second kappa shape index (κ2) is 8.96. The van der Waals surface area contributed by atoms with Gasteiger partial charge in [0.1, 0.15) is 11.9 Å². The summed E-state index contributed by atoms with van der Waals surface area (Å²) < 4.78 is 26.8. The van der Waals surface area contributed by atoms with Gasteiger partial charge in [0, 0.05) is 12.1 Å². The van der Waals surface area contributed by atoms with Crippen molar-refractivity contribution in [1.29, 1.82) is 0 Å². The molecule has 25 heavy (non-hydrogen) atoms. The summed E-state index contributed by atoms with van der Waals surface area (Å²) in [5.74, 6) is 0.0858. The van der Waals surface area contributed by atoms with Crippen molar-refractivity contribution in [3.05, 3.63) is 29.8 Å². The summed E-state index contributed by atoms with van der Waals surface area (Å²) in [7, 11) is -1.73. The Morgan fingerprint density at radius 2 is 2.00 bits per heavy atom. The fourth-order valence-electron chi connectivity index (χ4n) is 2.63. The van der Waals surface area contributed by atoms with E-state index in [1.54, 1.807) is 24.3 Å². The third kappa shape index (κ3) is 5.02. The van der Waals surface area contributed by atoms with Crippen molar-refractivity contribution in [3.63, 3.8) is 0 Å². The standard InChI is InChI=1S/C17H26N4O3S/c1-3-4-9-14(17(22)19-12-7-11-18-2)20-16-13-8-5-6-10-15(13)25(23,24)21-16/h5-6,8,10,14,18H,3-4,7,9,11-12H2,1-2H3,(H,19,22)(H,20,21). The van der Waals surface area contributed by atoms with Gasteiger partial charge in [-0.3, -0.25) is 14.5 Å². The van der Waals surface area contributed by atoms with E-state index in [1.165, 1.54) is 0 Å². The zero-order chi connectivity index (χ0) is 18.3. The molecule has 0 spiro atoms. The van der Waals surface area contributed by atoms with Crippen LogP contribution in [0.1, 0.15) is 38.2 Å². The third-order valence-electron chi connectivity index (χ3n) is 3.98. The maximum Gasteiger partial charge on any atom is 0.263 e. The fourth-order valence-corrected chi connectivity index (χ4v) is 3.87. The predicted octanol–water partition coefficient (Wildman–Crippen LogP) is 1.01. The van der Waals surface area contributed by atoms with Gasteiger partial charge >= 0.3 is 0 Å². The minimum atomic E-state index is -3.59. The molecule has 1 unspecified atom stereocenters. The maximum absolute atomic E-state index is 12.5. The average molecular weight is 366 g/mol. The molecule has 1 amide bonds. The highest BCUT2D eigenvalue weighted by Gasteiger charge is 2.31. The first-order valence-corrected chi connectivity index (χ1v) is 10.1. The van der Waals surface area contributed by atoms with Crippen molar-refractivity contribution in [3.8, 4) is 0 Å². The molecule has 0 saturated heterocycles. The van der Waals surface area contributed by atoms with Crippen LogP contribution in [-0.2, 0) is 14.8 Å². The first-order valence-electron chi connectivity index (χ1n) is 8.62. The number of hydrogen-bond donors (Lipinski definition) is 3. The molecule has 138 valence electrons. The molecule has 7 nitrogen and oxygen atoms in total. The zero-order valence-electron chi connectivity index (χ0n) is 14.7. The number of amides is 1. The van der Waals surface area contributed by atoms with Crippen molar-refractivity contribution in [1.82, 2.24) is 15.4 Å². The molecule has 0 fully saturated rings.